The van der Waals surface area contributed by atoms with Gasteiger partial charge in [0.05, 0.1) is 0 Å². The molecule has 0 aromatic carbocycles. The number of hydrogen-bond acceptors (Lipinski definition) is 6. The number of nitrogens with two attached hydrogens (primary N) is 2. The maximum absolute atomic E-state index is 5.69. The lowest BCUT2D eigenvalue weighted by molar-refractivity contribution is 0.192. The molecule has 1 aromatic rings. The van der Waals surface area contributed by atoms with Crippen molar-refractivity contribution in [3.63, 3.8) is 0 Å². The van der Waals surface area contributed by atoms with E-state index in [2.05, 4.69) is 33.6 Å². The van der Waals surface area contributed by atoms with E-state index in [-0.39, 0.29) is 5.95 Å². The van der Waals surface area contributed by atoms with Crippen molar-refractivity contribution in [1.82, 2.24) is 14.9 Å². The lowest BCUT2D eigenvalue weighted by Crippen LogP contribution is -2.49. The first-order valence-electron chi connectivity index (χ1n) is 6.49. The van der Waals surface area contributed by atoms with Gasteiger partial charge in [0, 0.05) is 38.3 Å². The van der Waals surface area contributed by atoms with Crippen molar-refractivity contribution >= 4 is 17.6 Å². The van der Waals surface area contributed by atoms with Crippen LogP contribution in [0, 0.1) is 0 Å². The molecule has 18 heavy (non-hydrogen) atoms. The predicted molar refractivity (Wildman–Crippen MR) is 74.4 cm³/mol. The average molecular weight is 250 g/mol. The fourth-order valence-electron chi connectivity index (χ4n) is 2.28. The van der Waals surface area contributed by atoms with Crippen LogP contribution in [0.25, 0.3) is 0 Å². The Morgan fingerprint density at radius 2 is 1.89 bits per heavy atom. The molecule has 1 atom stereocenters. The van der Waals surface area contributed by atoms with Gasteiger partial charge in [-0.25, -0.2) is 0 Å². The lowest BCUT2D eigenvalue weighted by atomic mass is 10.2. The fraction of sp³-hybridized carbons (Fsp3) is 0.667. The molecule has 1 fully saturated rings. The average Bonchev–Trinajstić information content (AvgIpc) is 2.37. The van der Waals surface area contributed by atoms with E-state index in [9.17, 15) is 0 Å². The Hall–Kier alpha value is -1.56. The minimum absolute atomic E-state index is 0.245. The Kier molecular flexibility index (Phi) is 3.86. The van der Waals surface area contributed by atoms with Gasteiger partial charge in [-0.05, 0) is 13.3 Å². The molecule has 0 saturated carbocycles. The summed E-state index contributed by atoms with van der Waals surface area (Å²) in [6.07, 6.45) is 1.19. The minimum atomic E-state index is 0.245. The van der Waals surface area contributed by atoms with Crippen LogP contribution in [-0.4, -0.2) is 47.1 Å². The minimum Gasteiger partial charge on any atom is -0.383 e. The van der Waals surface area contributed by atoms with Gasteiger partial charge in [-0.3, -0.25) is 4.90 Å². The summed E-state index contributed by atoms with van der Waals surface area (Å²) >= 11 is 0. The summed E-state index contributed by atoms with van der Waals surface area (Å²) in [5.41, 5.74) is 11.3. The third-order valence-electron chi connectivity index (χ3n) is 3.60. The zero-order chi connectivity index (χ0) is 13.1. The summed E-state index contributed by atoms with van der Waals surface area (Å²) in [5.74, 6) is 1.51. The number of rotatable bonds is 3. The second-order valence-electron chi connectivity index (χ2n) is 4.79. The van der Waals surface area contributed by atoms with Gasteiger partial charge in [0.15, 0.2) is 0 Å². The van der Waals surface area contributed by atoms with Crippen LogP contribution in [0.4, 0.5) is 17.6 Å². The molecule has 0 radical (unpaired) electrons. The predicted octanol–water partition coefficient (Wildman–Crippen LogP) is 0.562. The molecule has 1 aromatic heterocycles. The summed E-state index contributed by atoms with van der Waals surface area (Å²) in [5, 5.41) is 0. The van der Waals surface area contributed by atoms with Gasteiger partial charge in [-0.2, -0.15) is 9.97 Å². The summed E-state index contributed by atoms with van der Waals surface area (Å²) < 4.78 is 0. The highest BCUT2D eigenvalue weighted by molar-refractivity contribution is 5.50. The Morgan fingerprint density at radius 1 is 1.22 bits per heavy atom. The first-order valence-corrected chi connectivity index (χ1v) is 6.49. The van der Waals surface area contributed by atoms with Crippen LogP contribution >= 0.6 is 0 Å². The molecule has 2 heterocycles. The number of piperazine rings is 1. The van der Waals surface area contributed by atoms with Crippen molar-refractivity contribution < 1.29 is 0 Å². The monoisotopic (exact) mass is 250 g/mol. The van der Waals surface area contributed by atoms with E-state index in [1.54, 1.807) is 6.07 Å². The summed E-state index contributed by atoms with van der Waals surface area (Å²) in [6.45, 7) is 8.53. The number of hydrogen-bond donors (Lipinski definition) is 2. The third-order valence-corrected chi connectivity index (χ3v) is 3.60. The van der Waals surface area contributed by atoms with Crippen LogP contribution in [0.5, 0.6) is 0 Å². The van der Waals surface area contributed by atoms with Crippen LogP contribution in [0.1, 0.15) is 20.3 Å². The van der Waals surface area contributed by atoms with E-state index in [4.69, 9.17) is 11.5 Å². The van der Waals surface area contributed by atoms with Crippen molar-refractivity contribution in [2.75, 3.05) is 42.5 Å². The molecule has 1 aliphatic rings. The van der Waals surface area contributed by atoms with Crippen LogP contribution in [0.15, 0.2) is 6.07 Å². The van der Waals surface area contributed by atoms with Gasteiger partial charge in [-0.1, -0.05) is 6.92 Å². The molecule has 100 valence electrons. The molecule has 0 aliphatic carbocycles. The van der Waals surface area contributed by atoms with Crippen molar-refractivity contribution in [2.45, 2.75) is 26.3 Å². The van der Waals surface area contributed by atoms with E-state index in [1.807, 2.05) is 0 Å². The molecule has 2 rings (SSSR count). The molecule has 6 nitrogen and oxygen atoms in total. The van der Waals surface area contributed by atoms with E-state index >= 15 is 0 Å². The Morgan fingerprint density at radius 3 is 2.44 bits per heavy atom. The normalized spacial score (nSPS) is 18.9. The first kappa shape index (κ1) is 12.9. The molecule has 0 amide bonds. The molecule has 4 N–H and O–H groups in total. The fourth-order valence-corrected chi connectivity index (χ4v) is 2.28. The number of anilines is 3. The molecule has 1 aliphatic heterocycles. The smallest absolute Gasteiger partial charge is 0.223 e. The number of nitrogen functional groups attached to an aromatic ring is 2. The highest BCUT2D eigenvalue weighted by Gasteiger charge is 2.21. The van der Waals surface area contributed by atoms with E-state index in [0.29, 0.717) is 11.9 Å². The second-order valence-corrected chi connectivity index (χ2v) is 4.79. The van der Waals surface area contributed by atoms with Gasteiger partial charge in [0.1, 0.15) is 11.6 Å². The van der Waals surface area contributed by atoms with Crippen LogP contribution in [-0.2, 0) is 0 Å². The molecule has 1 saturated heterocycles. The second kappa shape index (κ2) is 5.39. The number of aromatic nitrogens is 2. The van der Waals surface area contributed by atoms with Gasteiger partial charge < -0.3 is 16.4 Å². The van der Waals surface area contributed by atoms with Crippen molar-refractivity contribution in [3.8, 4) is 0 Å². The Balaban J connectivity index is 2.01. The van der Waals surface area contributed by atoms with Gasteiger partial charge in [0.25, 0.3) is 0 Å². The van der Waals surface area contributed by atoms with E-state index in [0.717, 1.165) is 32.0 Å². The Bertz CT molecular complexity index is 379. The zero-order valence-corrected chi connectivity index (χ0v) is 11.1. The van der Waals surface area contributed by atoms with Gasteiger partial charge in [0.2, 0.25) is 5.95 Å². The molecule has 1 unspecified atom stereocenters. The molecule has 0 bridgehead atoms. The summed E-state index contributed by atoms with van der Waals surface area (Å²) in [6, 6.07) is 2.43. The lowest BCUT2D eigenvalue weighted by Gasteiger charge is -2.38. The maximum Gasteiger partial charge on any atom is 0.223 e. The van der Waals surface area contributed by atoms with Crippen LogP contribution < -0.4 is 16.4 Å². The van der Waals surface area contributed by atoms with E-state index in [1.165, 1.54) is 6.42 Å². The number of nitrogens with zero attached hydrogens (tertiary/aromatic N) is 4. The third kappa shape index (κ3) is 2.81. The highest BCUT2D eigenvalue weighted by atomic mass is 15.3. The Labute approximate surface area is 108 Å². The molecular weight excluding hydrogens is 228 g/mol. The quantitative estimate of drug-likeness (QED) is 0.815. The summed E-state index contributed by atoms with van der Waals surface area (Å²) in [7, 11) is 0. The summed E-state index contributed by atoms with van der Waals surface area (Å²) in [4.78, 5) is 12.9. The molecular formula is C12H22N6. The topological polar surface area (TPSA) is 84.3 Å². The van der Waals surface area contributed by atoms with Crippen LogP contribution in [0.2, 0.25) is 0 Å². The maximum atomic E-state index is 5.69. The standard InChI is InChI=1S/C12H22N6/c1-3-9(2)17-4-6-18(7-5-17)11-8-10(13)15-12(14)16-11/h8-9H,3-7H2,1-2H3,(H4,13,14,15,16). The highest BCUT2D eigenvalue weighted by Crippen LogP contribution is 2.18. The van der Waals surface area contributed by atoms with E-state index < -0.39 is 0 Å². The first-order chi connectivity index (χ1) is 8.60. The SMILES string of the molecule is CCC(C)N1CCN(c2cc(N)nc(N)n2)CC1. The zero-order valence-electron chi connectivity index (χ0n) is 11.1. The van der Waals surface area contributed by atoms with Gasteiger partial charge >= 0.3 is 0 Å². The van der Waals surface area contributed by atoms with Gasteiger partial charge in [-0.15, -0.1) is 0 Å². The van der Waals surface area contributed by atoms with Crippen LogP contribution in [0.3, 0.4) is 0 Å². The molecule has 6 heteroatoms. The molecule has 0 spiro atoms. The van der Waals surface area contributed by atoms with Crippen molar-refractivity contribution in [3.05, 3.63) is 6.07 Å². The largest absolute Gasteiger partial charge is 0.383 e. The van der Waals surface area contributed by atoms with Crippen molar-refractivity contribution in [1.29, 1.82) is 0 Å². The van der Waals surface area contributed by atoms with Crippen molar-refractivity contribution in [2.24, 2.45) is 0 Å².